The van der Waals surface area contributed by atoms with Crippen molar-refractivity contribution in [1.82, 2.24) is 5.32 Å². The fourth-order valence-electron chi connectivity index (χ4n) is 2.74. The predicted molar refractivity (Wildman–Crippen MR) is 79.5 cm³/mol. The van der Waals surface area contributed by atoms with Gasteiger partial charge in [-0.15, -0.1) is 0 Å². The van der Waals surface area contributed by atoms with Crippen LogP contribution in [0.15, 0.2) is 30.3 Å². The first kappa shape index (κ1) is 14.9. The zero-order valence-electron chi connectivity index (χ0n) is 11.9. The molecule has 0 saturated heterocycles. The molecule has 4 nitrogen and oxygen atoms in total. The number of amides is 1. The predicted octanol–water partition coefficient (Wildman–Crippen LogP) is 2.09. The van der Waals surface area contributed by atoms with Gasteiger partial charge in [0.15, 0.2) is 0 Å². The highest BCUT2D eigenvalue weighted by Gasteiger charge is 2.39. The molecule has 0 radical (unpaired) electrons. The van der Waals surface area contributed by atoms with Crippen LogP contribution in [-0.2, 0) is 4.79 Å². The molecule has 1 aromatic rings. The molecule has 0 atom stereocenters. The second-order valence-electron chi connectivity index (χ2n) is 5.46. The second-order valence-corrected chi connectivity index (χ2v) is 5.46. The van der Waals surface area contributed by atoms with Crippen molar-refractivity contribution in [3.63, 3.8) is 0 Å². The molecule has 2 rings (SSSR count). The van der Waals surface area contributed by atoms with E-state index in [2.05, 4.69) is 5.32 Å². The molecule has 1 amide bonds. The third-order valence-electron chi connectivity index (χ3n) is 4.05. The summed E-state index contributed by atoms with van der Waals surface area (Å²) in [7, 11) is 0. The van der Waals surface area contributed by atoms with Crippen LogP contribution in [0.2, 0.25) is 0 Å². The van der Waals surface area contributed by atoms with Gasteiger partial charge in [0, 0.05) is 13.1 Å². The van der Waals surface area contributed by atoms with Crippen LogP contribution in [0.1, 0.15) is 32.1 Å². The molecule has 1 aliphatic rings. The van der Waals surface area contributed by atoms with Crippen LogP contribution in [0.25, 0.3) is 0 Å². The molecule has 1 aromatic carbocycles. The first-order valence-electron chi connectivity index (χ1n) is 7.43. The monoisotopic (exact) mass is 276 g/mol. The molecule has 3 N–H and O–H groups in total. The molecule has 1 saturated carbocycles. The average molecular weight is 276 g/mol. The number of rotatable bonds is 7. The van der Waals surface area contributed by atoms with E-state index in [1.807, 2.05) is 30.3 Å². The fourth-order valence-corrected chi connectivity index (χ4v) is 2.74. The molecule has 0 aromatic heterocycles. The van der Waals surface area contributed by atoms with Gasteiger partial charge in [-0.3, -0.25) is 4.79 Å². The zero-order chi connectivity index (χ0) is 14.3. The molecule has 0 bridgehead atoms. The Labute approximate surface area is 120 Å². The van der Waals surface area contributed by atoms with Crippen LogP contribution in [0.4, 0.5) is 0 Å². The largest absolute Gasteiger partial charge is 0.494 e. The summed E-state index contributed by atoms with van der Waals surface area (Å²) >= 11 is 0. The Balaban J connectivity index is 1.64. The van der Waals surface area contributed by atoms with Crippen molar-refractivity contribution in [2.45, 2.75) is 32.1 Å². The maximum Gasteiger partial charge on any atom is 0.227 e. The number of nitrogens with one attached hydrogen (secondary N) is 1. The van der Waals surface area contributed by atoms with Crippen molar-refractivity contribution in [2.24, 2.45) is 11.1 Å². The van der Waals surface area contributed by atoms with E-state index in [1.165, 1.54) is 0 Å². The Morgan fingerprint density at radius 2 is 1.95 bits per heavy atom. The van der Waals surface area contributed by atoms with Gasteiger partial charge in [0.05, 0.1) is 12.0 Å². The van der Waals surface area contributed by atoms with Crippen LogP contribution >= 0.6 is 0 Å². The summed E-state index contributed by atoms with van der Waals surface area (Å²) in [5.74, 6) is 0.991. The third-order valence-corrected chi connectivity index (χ3v) is 4.05. The molecule has 0 aliphatic heterocycles. The lowest BCUT2D eigenvalue weighted by Crippen LogP contribution is -2.44. The Kier molecular flexibility index (Phi) is 5.41. The molecule has 4 heteroatoms. The molecular formula is C16H24N2O2. The average Bonchev–Trinajstić information content (AvgIpc) is 2.98. The van der Waals surface area contributed by atoms with Gasteiger partial charge < -0.3 is 15.8 Å². The first-order valence-corrected chi connectivity index (χ1v) is 7.43. The number of hydrogen-bond donors (Lipinski definition) is 2. The van der Waals surface area contributed by atoms with E-state index >= 15 is 0 Å². The Hall–Kier alpha value is -1.55. The topological polar surface area (TPSA) is 64.4 Å². The van der Waals surface area contributed by atoms with Crippen molar-refractivity contribution in [2.75, 3.05) is 19.7 Å². The van der Waals surface area contributed by atoms with E-state index in [9.17, 15) is 4.79 Å². The number of nitrogens with two attached hydrogens (primary N) is 1. The summed E-state index contributed by atoms with van der Waals surface area (Å²) in [5, 5.41) is 3.00. The first-order chi connectivity index (χ1) is 9.77. The quantitative estimate of drug-likeness (QED) is 0.750. The molecule has 110 valence electrons. The maximum atomic E-state index is 12.2. The molecule has 1 aliphatic carbocycles. The van der Waals surface area contributed by atoms with Crippen LogP contribution in [-0.4, -0.2) is 25.6 Å². The second kappa shape index (κ2) is 7.29. The number of ether oxygens (including phenoxy) is 1. The third kappa shape index (κ3) is 3.73. The minimum absolute atomic E-state index is 0.122. The standard InChI is InChI=1S/C16H24N2O2/c17-13-16(9-4-5-10-16)15(19)18-11-6-12-20-14-7-2-1-3-8-14/h1-3,7-8H,4-6,9-13,17H2,(H,18,19). The van der Waals surface area contributed by atoms with E-state index in [0.717, 1.165) is 37.9 Å². The van der Waals surface area contributed by atoms with E-state index in [1.54, 1.807) is 0 Å². The minimum Gasteiger partial charge on any atom is -0.494 e. The molecular weight excluding hydrogens is 252 g/mol. The van der Waals surface area contributed by atoms with Crippen molar-refractivity contribution >= 4 is 5.91 Å². The van der Waals surface area contributed by atoms with E-state index < -0.39 is 0 Å². The highest BCUT2D eigenvalue weighted by Crippen LogP contribution is 2.37. The summed E-state index contributed by atoms with van der Waals surface area (Å²) in [6.45, 7) is 1.71. The van der Waals surface area contributed by atoms with Crippen LogP contribution in [0.5, 0.6) is 5.75 Å². The molecule has 20 heavy (non-hydrogen) atoms. The fraction of sp³-hybridized carbons (Fsp3) is 0.562. The lowest BCUT2D eigenvalue weighted by molar-refractivity contribution is -0.130. The van der Waals surface area contributed by atoms with Gasteiger partial charge in [-0.1, -0.05) is 31.0 Å². The van der Waals surface area contributed by atoms with Crippen LogP contribution in [0, 0.1) is 5.41 Å². The smallest absolute Gasteiger partial charge is 0.227 e. The van der Waals surface area contributed by atoms with Gasteiger partial charge in [0.25, 0.3) is 0 Å². The van der Waals surface area contributed by atoms with Gasteiger partial charge in [0.2, 0.25) is 5.91 Å². The number of hydrogen-bond acceptors (Lipinski definition) is 3. The minimum atomic E-state index is -0.305. The Morgan fingerprint density at radius 3 is 2.60 bits per heavy atom. The van der Waals surface area contributed by atoms with E-state index in [0.29, 0.717) is 19.7 Å². The van der Waals surface area contributed by atoms with Crippen molar-refractivity contribution in [3.05, 3.63) is 30.3 Å². The number of carbonyl (C=O) groups excluding carboxylic acids is 1. The normalized spacial score (nSPS) is 16.9. The van der Waals surface area contributed by atoms with Crippen molar-refractivity contribution in [3.8, 4) is 5.75 Å². The maximum absolute atomic E-state index is 12.2. The zero-order valence-corrected chi connectivity index (χ0v) is 11.9. The lowest BCUT2D eigenvalue weighted by atomic mass is 9.85. The lowest BCUT2D eigenvalue weighted by Gasteiger charge is -2.25. The summed E-state index contributed by atoms with van der Waals surface area (Å²) in [6, 6.07) is 9.71. The van der Waals surface area contributed by atoms with Gasteiger partial charge >= 0.3 is 0 Å². The van der Waals surface area contributed by atoms with Crippen molar-refractivity contribution in [1.29, 1.82) is 0 Å². The highest BCUT2D eigenvalue weighted by atomic mass is 16.5. The summed E-state index contributed by atoms with van der Waals surface area (Å²) in [5.41, 5.74) is 5.49. The highest BCUT2D eigenvalue weighted by molar-refractivity contribution is 5.83. The number of benzene rings is 1. The molecule has 0 unspecified atom stereocenters. The van der Waals surface area contributed by atoms with Crippen LogP contribution in [0.3, 0.4) is 0 Å². The molecule has 0 spiro atoms. The number of para-hydroxylation sites is 1. The van der Waals surface area contributed by atoms with E-state index in [4.69, 9.17) is 10.5 Å². The number of carbonyl (C=O) groups is 1. The van der Waals surface area contributed by atoms with Crippen LogP contribution < -0.4 is 15.8 Å². The Morgan fingerprint density at radius 1 is 1.25 bits per heavy atom. The van der Waals surface area contributed by atoms with E-state index in [-0.39, 0.29) is 11.3 Å². The summed E-state index contributed by atoms with van der Waals surface area (Å²) < 4.78 is 5.59. The van der Waals surface area contributed by atoms with Gasteiger partial charge in [0.1, 0.15) is 5.75 Å². The summed E-state index contributed by atoms with van der Waals surface area (Å²) in [6.07, 6.45) is 4.89. The molecule has 0 heterocycles. The molecule has 1 fully saturated rings. The van der Waals surface area contributed by atoms with Crippen molar-refractivity contribution < 1.29 is 9.53 Å². The van der Waals surface area contributed by atoms with Gasteiger partial charge in [-0.25, -0.2) is 0 Å². The van der Waals surface area contributed by atoms with Gasteiger partial charge in [-0.05, 0) is 31.4 Å². The van der Waals surface area contributed by atoms with Gasteiger partial charge in [-0.2, -0.15) is 0 Å². The summed E-state index contributed by atoms with van der Waals surface area (Å²) in [4.78, 5) is 12.2. The SMILES string of the molecule is NCC1(C(=O)NCCCOc2ccccc2)CCCC1. The Bertz CT molecular complexity index is 414.